The number of fused-ring (bicyclic) bond motifs is 2. The summed E-state index contributed by atoms with van der Waals surface area (Å²) in [6, 6.07) is 10.2. The van der Waals surface area contributed by atoms with E-state index in [9.17, 15) is 4.79 Å². The molecule has 2 saturated heterocycles. The molecule has 2 bridgehead atoms. The fourth-order valence-electron chi connectivity index (χ4n) is 3.84. The van der Waals surface area contributed by atoms with E-state index in [2.05, 4.69) is 41.8 Å². The summed E-state index contributed by atoms with van der Waals surface area (Å²) >= 11 is 0. The summed E-state index contributed by atoms with van der Waals surface area (Å²) in [5.74, 6) is 0.174. The SMILES string of the molecule is CCCCc1ccc(CC(=O)NC2CC3CCC(C2)N3)cc1. The van der Waals surface area contributed by atoms with Gasteiger partial charge >= 0.3 is 0 Å². The summed E-state index contributed by atoms with van der Waals surface area (Å²) in [4.78, 5) is 12.2. The van der Waals surface area contributed by atoms with Crippen molar-refractivity contribution in [3.63, 3.8) is 0 Å². The lowest BCUT2D eigenvalue weighted by atomic mass is 9.99. The Morgan fingerprint density at radius 2 is 1.77 bits per heavy atom. The molecule has 2 atom stereocenters. The minimum Gasteiger partial charge on any atom is -0.353 e. The lowest BCUT2D eigenvalue weighted by Crippen LogP contribution is -2.48. The van der Waals surface area contributed by atoms with Crippen LogP contribution >= 0.6 is 0 Å². The summed E-state index contributed by atoms with van der Waals surface area (Å²) in [5.41, 5.74) is 2.50. The van der Waals surface area contributed by atoms with Gasteiger partial charge in [0, 0.05) is 18.1 Å². The Kier molecular flexibility index (Phi) is 5.14. The molecule has 0 aliphatic carbocycles. The van der Waals surface area contributed by atoms with Crippen LogP contribution in [0.1, 0.15) is 56.6 Å². The van der Waals surface area contributed by atoms with E-state index in [1.54, 1.807) is 0 Å². The Labute approximate surface area is 133 Å². The molecule has 2 heterocycles. The highest BCUT2D eigenvalue weighted by Gasteiger charge is 2.33. The van der Waals surface area contributed by atoms with Crippen LogP contribution in [0.25, 0.3) is 0 Å². The van der Waals surface area contributed by atoms with Crippen LogP contribution < -0.4 is 10.6 Å². The molecule has 0 aromatic heterocycles. The van der Waals surface area contributed by atoms with Crippen LogP contribution in [0.5, 0.6) is 0 Å². The fourth-order valence-corrected chi connectivity index (χ4v) is 3.84. The average Bonchev–Trinajstić information content (AvgIpc) is 2.85. The summed E-state index contributed by atoms with van der Waals surface area (Å²) in [6.45, 7) is 2.21. The molecule has 22 heavy (non-hydrogen) atoms. The number of amides is 1. The molecule has 1 aromatic rings. The normalized spacial score (nSPS) is 26.9. The number of rotatable bonds is 6. The molecule has 2 aliphatic rings. The summed E-state index contributed by atoms with van der Waals surface area (Å²) in [6.07, 6.45) is 8.84. The van der Waals surface area contributed by atoms with Crippen LogP contribution in [0.3, 0.4) is 0 Å². The maximum Gasteiger partial charge on any atom is 0.224 e. The van der Waals surface area contributed by atoms with E-state index in [-0.39, 0.29) is 5.91 Å². The van der Waals surface area contributed by atoms with Gasteiger partial charge in [0.15, 0.2) is 0 Å². The first-order valence-electron chi connectivity index (χ1n) is 8.86. The highest BCUT2D eigenvalue weighted by atomic mass is 16.1. The van der Waals surface area contributed by atoms with Crippen LogP contribution in [0, 0.1) is 0 Å². The number of hydrogen-bond acceptors (Lipinski definition) is 2. The number of aryl methyl sites for hydroxylation is 1. The van der Waals surface area contributed by atoms with Crippen molar-refractivity contribution in [2.75, 3.05) is 0 Å². The number of hydrogen-bond donors (Lipinski definition) is 2. The van der Waals surface area contributed by atoms with E-state index in [4.69, 9.17) is 0 Å². The van der Waals surface area contributed by atoms with Crippen molar-refractivity contribution in [1.29, 1.82) is 0 Å². The summed E-state index contributed by atoms with van der Waals surface area (Å²) < 4.78 is 0. The van der Waals surface area contributed by atoms with Gasteiger partial charge in [-0.05, 0) is 49.7 Å². The summed E-state index contributed by atoms with van der Waals surface area (Å²) in [5, 5.41) is 6.85. The topological polar surface area (TPSA) is 41.1 Å². The van der Waals surface area contributed by atoms with E-state index >= 15 is 0 Å². The van der Waals surface area contributed by atoms with Crippen LogP contribution in [0.15, 0.2) is 24.3 Å². The molecule has 0 saturated carbocycles. The van der Waals surface area contributed by atoms with Crippen molar-refractivity contribution in [1.82, 2.24) is 10.6 Å². The van der Waals surface area contributed by atoms with Gasteiger partial charge in [-0.25, -0.2) is 0 Å². The van der Waals surface area contributed by atoms with E-state index < -0.39 is 0 Å². The predicted molar refractivity (Wildman–Crippen MR) is 89.9 cm³/mol. The standard InChI is InChI=1S/C19H28N2O/c1-2-3-4-14-5-7-15(8-6-14)11-19(22)21-18-12-16-9-10-17(13-18)20-16/h5-8,16-18,20H,2-4,9-13H2,1H3,(H,21,22). The number of piperidine rings is 1. The molecule has 1 aromatic carbocycles. The van der Waals surface area contributed by atoms with Crippen molar-refractivity contribution in [3.8, 4) is 0 Å². The van der Waals surface area contributed by atoms with Gasteiger partial charge in [-0.3, -0.25) is 4.79 Å². The van der Waals surface area contributed by atoms with Crippen LogP contribution in [0.2, 0.25) is 0 Å². The second kappa shape index (κ2) is 7.28. The third-order valence-electron chi connectivity index (χ3n) is 5.04. The van der Waals surface area contributed by atoms with Crippen LogP contribution in [-0.2, 0) is 17.6 Å². The van der Waals surface area contributed by atoms with E-state index in [1.807, 2.05) is 0 Å². The van der Waals surface area contributed by atoms with Gasteiger partial charge in [0.1, 0.15) is 0 Å². The Hall–Kier alpha value is -1.35. The van der Waals surface area contributed by atoms with Crippen molar-refractivity contribution >= 4 is 5.91 Å². The van der Waals surface area contributed by atoms with E-state index in [0.717, 1.165) is 24.8 Å². The zero-order valence-corrected chi connectivity index (χ0v) is 13.6. The summed E-state index contributed by atoms with van der Waals surface area (Å²) in [7, 11) is 0. The minimum absolute atomic E-state index is 0.174. The number of carbonyl (C=O) groups excluding carboxylic acids is 1. The first-order valence-corrected chi connectivity index (χ1v) is 8.86. The van der Waals surface area contributed by atoms with E-state index in [1.165, 1.54) is 31.2 Å². The van der Waals surface area contributed by atoms with Gasteiger partial charge in [-0.2, -0.15) is 0 Å². The minimum atomic E-state index is 0.174. The van der Waals surface area contributed by atoms with Crippen molar-refractivity contribution in [2.24, 2.45) is 0 Å². The van der Waals surface area contributed by atoms with Gasteiger partial charge in [0.25, 0.3) is 0 Å². The highest BCUT2D eigenvalue weighted by molar-refractivity contribution is 5.78. The van der Waals surface area contributed by atoms with Crippen molar-refractivity contribution < 1.29 is 4.79 Å². The van der Waals surface area contributed by atoms with Crippen molar-refractivity contribution in [3.05, 3.63) is 35.4 Å². The van der Waals surface area contributed by atoms with Gasteiger partial charge in [-0.15, -0.1) is 0 Å². The Morgan fingerprint density at radius 3 is 2.41 bits per heavy atom. The molecule has 3 rings (SSSR count). The lowest BCUT2D eigenvalue weighted by Gasteiger charge is -2.29. The largest absolute Gasteiger partial charge is 0.353 e. The molecule has 1 amide bonds. The Bertz CT molecular complexity index is 485. The monoisotopic (exact) mass is 300 g/mol. The molecule has 120 valence electrons. The number of nitrogens with one attached hydrogen (secondary N) is 2. The highest BCUT2D eigenvalue weighted by Crippen LogP contribution is 2.26. The Morgan fingerprint density at radius 1 is 1.14 bits per heavy atom. The molecule has 0 radical (unpaired) electrons. The van der Waals surface area contributed by atoms with Gasteiger partial charge in [0.05, 0.1) is 6.42 Å². The molecular weight excluding hydrogens is 272 g/mol. The van der Waals surface area contributed by atoms with Gasteiger partial charge in [0.2, 0.25) is 5.91 Å². The maximum atomic E-state index is 12.2. The maximum absolute atomic E-state index is 12.2. The zero-order chi connectivity index (χ0) is 15.4. The van der Waals surface area contributed by atoms with Gasteiger partial charge in [-0.1, -0.05) is 37.6 Å². The molecular formula is C19H28N2O. The first-order chi connectivity index (χ1) is 10.7. The third-order valence-corrected chi connectivity index (χ3v) is 5.04. The van der Waals surface area contributed by atoms with Crippen molar-refractivity contribution in [2.45, 2.75) is 76.4 Å². The molecule has 3 heteroatoms. The molecule has 0 spiro atoms. The molecule has 2 fully saturated rings. The second-order valence-electron chi connectivity index (χ2n) is 6.97. The van der Waals surface area contributed by atoms with Crippen LogP contribution in [0.4, 0.5) is 0 Å². The molecule has 2 N–H and O–H groups in total. The fraction of sp³-hybridized carbons (Fsp3) is 0.632. The molecule has 2 aliphatic heterocycles. The zero-order valence-electron chi connectivity index (χ0n) is 13.6. The van der Waals surface area contributed by atoms with Crippen LogP contribution in [-0.4, -0.2) is 24.0 Å². The first kappa shape index (κ1) is 15.5. The predicted octanol–water partition coefficient (Wildman–Crippen LogP) is 2.97. The van der Waals surface area contributed by atoms with Gasteiger partial charge < -0.3 is 10.6 Å². The quantitative estimate of drug-likeness (QED) is 0.848. The number of unbranched alkanes of at least 4 members (excludes halogenated alkanes) is 1. The Balaban J connectivity index is 1.47. The number of carbonyl (C=O) groups is 1. The molecule has 2 unspecified atom stereocenters. The lowest BCUT2D eigenvalue weighted by molar-refractivity contribution is -0.121. The third kappa shape index (κ3) is 4.10. The second-order valence-corrected chi connectivity index (χ2v) is 6.97. The molecule has 3 nitrogen and oxygen atoms in total. The van der Waals surface area contributed by atoms with E-state index in [0.29, 0.717) is 24.5 Å². The number of benzene rings is 1. The average molecular weight is 300 g/mol. The smallest absolute Gasteiger partial charge is 0.224 e.